The first-order valence-corrected chi connectivity index (χ1v) is 10.7. The number of piperidine rings is 1. The number of likely N-dealkylation sites (tertiary alicyclic amines) is 1. The van der Waals surface area contributed by atoms with Crippen molar-refractivity contribution in [3.8, 4) is 11.3 Å². The number of aromatic nitrogens is 2. The van der Waals surface area contributed by atoms with Crippen molar-refractivity contribution >= 4 is 17.7 Å². The van der Waals surface area contributed by atoms with Crippen LogP contribution in [-0.2, 0) is 11.3 Å². The molecule has 0 aliphatic carbocycles. The maximum Gasteiger partial charge on any atom is 0.406 e. The molecule has 1 fully saturated rings. The van der Waals surface area contributed by atoms with Gasteiger partial charge in [0.05, 0.1) is 17.6 Å². The molecule has 5 nitrogen and oxygen atoms in total. The summed E-state index contributed by atoms with van der Waals surface area (Å²) in [6.07, 6.45) is -1.16. The molecule has 9 heteroatoms. The Kier molecular flexibility index (Phi) is 7.23. The molecule has 1 saturated heterocycles. The lowest BCUT2D eigenvalue weighted by atomic mass is 10.1. The molecule has 0 unspecified atom stereocenters. The number of thioether (sulfide) groups is 1. The van der Waals surface area contributed by atoms with Crippen LogP contribution in [0.5, 0.6) is 0 Å². The van der Waals surface area contributed by atoms with Crippen LogP contribution >= 0.6 is 11.8 Å². The number of alkyl halides is 3. The van der Waals surface area contributed by atoms with Crippen LogP contribution in [0.15, 0.2) is 41.7 Å². The van der Waals surface area contributed by atoms with Gasteiger partial charge >= 0.3 is 6.18 Å². The van der Waals surface area contributed by atoms with E-state index in [4.69, 9.17) is 0 Å². The third kappa shape index (κ3) is 6.24. The number of benzene rings is 1. The Hall–Kier alpha value is -2.00. The van der Waals surface area contributed by atoms with Crippen LogP contribution in [0.1, 0.15) is 19.8 Å². The van der Waals surface area contributed by atoms with Crippen molar-refractivity contribution in [3.05, 3.63) is 36.5 Å². The third-order valence-electron chi connectivity index (χ3n) is 4.96. The summed E-state index contributed by atoms with van der Waals surface area (Å²) >= 11 is 1.03. The van der Waals surface area contributed by atoms with E-state index in [2.05, 4.69) is 22.1 Å². The highest BCUT2D eigenvalue weighted by atomic mass is 32.2. The Labute approximate surface area is 172 Å². The zero-order valence-corrected chi connectivity index (χ0v) is 17.1. The maximum atomic E-state index is 13.1. The van der Waals surface area contributed by atoms with Gasteiger partial charge in [0.25, 0.3) is 0 Å². The Bertz CT molecular complexity index is 802. The lowest BCUT2D eigenvalue weighted by molar-refractivity contribution is -0.141. The highest BCUT2D eigenvalue weighted by Crippen LogP contribution is 2.30. The van der Waals surface area contributed by atoms with Crippen molar-refractivity contribution in [2.75, 3.05) is 25.4 Å². The van der Waals surface area contributed by atoms with Crippen molar-refractivity contribution < 1.29 is 18.0 Å². The fourth-order valence-corrected chi connectivity index (χ4v) is 4.23. The van der Waals surface area contributed by atoms with E-state index in [0.29, 0.717) is 11.3 Å². The maximum absolute atomic E-state index is 13.1. The average molecular weight is 427 g/mol. The second kappa shape index (κ2) is 9.67. The summed E-state index contributed by atoms with van der Waals surface area (Å²) < 4.78 is 40.5. The number of hydrogen-bond donors (Lipinski definition) is 1. The minimum atomic E-state index is -4.38. The molecule has 1 aromatic carbocycles. The molecule has 29 heavy (non-hydrogen) atoms. The van der Waals surface area contributed by atoms with Crippen LogP contribution in [-0.4, -0.2) is 58.0 Å². The van der Waals surface area contributed by atoms with E-state index in [1.807, 2.05) is 0 Å². The summed E-state index contributed by atoms with van der Waals surface area (Å²) in [7, 11) is 0. The normalized spacial score (nSPS) is 16.1. The van der Waals surface area contributed by atoms with E-state index in [9.17, 15) is 18.0 Å². The number of imidazole rings is 1. The molecule has 0 spiro atoms. The standard InChI is InChI=1S/C20H25F3N4OS/c1-2-26-10-8-16(9-11-26)25-18(28)13-29-19-24-12-17(15-6-4-3-5-7-15)27(19)14-20(21,22)23/h3-7,12,16H,2,8-11,13-14H2,1H3,(H,25,28). The summed E-state index contributed by atoms with van der Waals surface area (Å²) in [5.74, 6) is -0.135. The zero-order valence-electron chi connectivity index (χ0n) is 16.3. The van der Waals surface area contributed by atoms with Crippen LogP contribution in [0.4, 0.5) is 13.2 Å². The Morgan fingerprint density at radius 3 is 2.55 bits per heavy atom. The summed E-state index contributed by atoms with van der Waals surface area (Å²) in [6.45, 7) is 3.87. The zero-order chi connectivity index (χ0) is 20.9. The Morgan fingerprint density at radius 2 is 1.93 bits per heavy atom. The summed E-state index contributed by atoms with van der Waals surface area (Å²) in [6, 6.07) is 8.95. The predicted molar refractivity (Wildman–Crippen MR) is 108 cm³/mol. The second-order valence-corrected chi connectivity index (χ2v) is 8.00. The van der Waals surface area contributed by atoms with Gasteiger partial charge in [-0.15, -0.1) is 0 Å². The largest absolute Gasteiger partial charge is 0.406 e. The van der Waals surface area contributed by atoms with E-state index in [-0.39, 0.29) is 22.9 Å². The molecule has 1 amide bonds. The Morgan fingerprint density at radius 1 is 1.24 bits per heavy atom. The molecule has 0 atom stereocenters. The molecule has 2 heterocycles. The van der Waals surface area contributed by atoms with Crippen molar-refractivity contribution in [2.24, 2.45) is 0 Å². The molecule has 0 radical (unpaired) electrons. The number of nitrogens with zero attached hydrogens (tertiary/aromatic N) is 3. The van der Waals surface area contributed by atoms with Gasteiger partial charge in [-0.25, -0.2) is 4.98 Å². The molecule has 2 aromatic rings. The predicted octanol–water partition coefficient (Wildman–Crippen LogP) is 3.81. The van der Waals surface area contributed by atoms with E-state index in [1.165, 1.54) is 6.20 Å². The van der Waals surface area contributed by atoms with Gasteiger partial charge in [0.1, 0.15) is 6.54 Å². The highest BCUT2D eigenvalue weighted by Gasteiger charge is 2.31. The highest BCUT2D eigenvalue weighted by molar-refractivity contribution is 7.99. The third-order valence-corrected chi connectivity index (χ3v) is 5.95. The van der Waals surface area contributed by atoms with Gasteiger partial charge < -0.3 is 14.8 Å². The first-order valence-electron chi connectivity index (χ1n) is 9.68. The molecule has 1 aromatic heterocycles. The lowest BCUT2D eigenvalue weighted by Crippen LogP contribution is -2.45. The van der Waals surface area contributed by atoms with Gasteiger partial charge in [-0.3, -0.25) is 4.79 Å². The molecule has 3 rings (SSSR count). The quantitative estimate of drug-likeness (QED) is 0.685. The van der Waals surface area contributed by atoms with Gasteiger partial charge in [0.15, 0.2) is 5.16 Å². The Balaban J connectivity index is 1.64. The molecule has 0 saturated carbocycles. The molecule has 1 N–H and O–H groups in total. The second-order valence-electron chi connectivity index (χ2n) is 7.06. The molecular weight excluding hydrogens is 401 g/mol. The molecular formula is C20H25F3N4OS. The van der Waals surface area contributed by atoms with E-state index < -0.39 is 12.7 Å². The van der Waals surface area contributed by atoms with Gasteiger partial charge in [-0.2, -0.15) is 13.2 Å². The monoisotopic (exact) mass is 426 g/mol. The number of rotatable bonds is 7. The molecule has 1 aliphatic heterocycles. The summed E-state index contributed by atoms with van der Waals surface area (Å²) in [4.78, 5) is 18.8. The minimum Gasteiger partial charge on any atom is -0.353 e. The number of amides is 1. The van der Waals surface area contributed by atoms with Crippen molar-refractivity contribution in [1.82, 2.24) is 19.8 Å². The number of hydrogen-bond acceptors (Lipinski definition) is 4. The number of halogens is 3. The summed E-state index contributed by atoms with van der Waals surface area (Å²) in [5.41, 5.74) is 1.04. The van der Waals surface area contributed by atoms with Gasteiger partial charge in [0.2, 0.25) is 5.91 Å². The average Bonchev–Trinajstić information content (AvgIpc) is 3.08. The van der Waals surface area contributed by atoms with Crippen LogP contribution in [0.3, 0.4) is 0 Å². The molecule has 158 valence electrons. The van der Waals surface area contributed by atoms with Crippen LogP contribution in [0, 0.1) is 0 Å². The lowest BCUT2D eigenvalue weighted by Gasteiger charge is -2.31. The van der Waals surface area contributed by atoms with Gasteiger partial charge in [-0.1, -0.05) is 49.0 Å². The number of carbonyl (C=O) groups is 1. The van der Waals surface area contributed by atoms with Gasteiger partial charge in [0, 0.05) is 19.1 Å². The van der Waals surface area contributed by atoms with Crippen LogP contribution in [0.25, 0.3) is 11.3 Å². The van der Waals surface area contributed by atoms with Crippen molar-refractivity contribution in [2.45, 2.75) is 43.7 Å². The van der Waals surface area contributed by atoms with Crippen molar-refractivity contribution in [1.29, 1.82) is 0 Å². The smallest absolute Gasteiger partial charge is 0.353 e. The van der Waals surface area contributed by atoms with E-state index in [1.54, 1.807) is 30.3 Å². The fraction of sp³-hybridized carbons (Fsp3) is 0.500. The minimum absolute atomic E-state index is 0.0388. The van der Waals surface area contributed by atoms with Gasteiger partial charge in [-0.05, 0) is 24.9 Å². The first kappa shape index (κ1) is 21.7. The number of nitrogens with one attached hydrogen (secondary N) is 1. The van der Waals surface area contributed by atoms with E-state index >= 15 is 0 Å². The van der Waals surface area contributed by atoms with Crippen molar-refractivity contribution in [3.63, 3.8) is 0 Å². The SMILES string of the molecule is CCN1CCC(NC(=O)CSc2ncc(-c3ccccc3)n2CC(F)(F)F)CC1. The molecule has 1 aliphatic rings. The summed E-state index contributed by atoms with van der Waals surface area (Å²) in [5, 5.41) is 3.19. The van der Waals surface area contributed by atoms with Crippen LogP contribution < -0.4 is 5.32 Å². The molecule has 0 bridgehead atoms. The van der Waals surface area contributed by atoms with E-state index in [0.717, 1.165) is 48.8 Å². The number of carbonyl (C=O) groups excluding carboxylic acids is 1. The van der Waals surface area contributed by atoms with Crippen LogP contribution in [0.2, 0.25) is 0 Å². The fourth-order valence-electron chi connectivity index (χ4n) is 3.44. The first-order chi connectivity index (χ1) is 13.9. The topological polar surface area (TPSA) is 50.2 Å².